The van der Waals surface area contributed by atoms with E-state index in [0.29, 0.717) is 17.4 Å². The molecular weight excluding hydrogens is 504 g/mol. The molecule has 0 radical (unpaired) electrons. The Hall–Kier alpha value is -1.65. The van der Waals surface area contributed by atoms with Crippen LogP contribution in [0.2, 0.25) is 0 Å². The van der Waals surface area contributed by atoms with Crippen molar-refractivity contribution in [3.05, 3.63) is 12.2 Å². The fraction of sp³-hybridized carbons (Fsp3) is 0.833. The molecule has 39 heavy (non-hydrogen) atoms. The summed E-state index contributed by atoms with van der Waals surface area (Å²) in [7, 11) is 0. The van der Waals surface area contributed by atoms with Gasteiger partial charge in [0, 0.05) is 29.2 Å². The quantitative estimate of drug-likeness (QED) is 0.381. The summed E-state index contributed by atoms with van der Waals surface area (Å²) in [6, 6.07) is 0. The SMILES string of the molecule is C=C(C)C(=O)OC[C@H]1O[C@H]2OC(C3CC(C)CC(C(C)=O)C3)O[C@H]2[C@H]2OC3(O[C@@H]21)C1CC2CC(C1)C(=O)C3C2. The van der Waals surface area contributed by atoms with E-state index in [-0.39, 0.29) is 47.8 Å². The van der Waals surface area contributed by atoms with Crippen molar-refractivity contribution in [1.29, 1.82) is 0 Å². The highest BCUT2D eigenvalue weighted by Gasteiger charge is 2.71. The number of carbonyl (C=O) groups is 3. The molecule has 0 aromatic rings. The van der Waals surface area contributed by atoms with Gasteiger partial charge in [-0.1, -0.05) is 13.5 Å². The van der Waals surface area contributed by atoms with Gasteiger partial charge in [0.1, 0.15) is 42.6 Å². The summed E-state index contributed by atoms with van der Waals surface area (Å²) >= 11 is 0. The van der Waals surface area contributed by atoms with Crippen molar-refractivity contribution in [2.24, 2.45) is 41.4 Å². The first-order valence-corrected chi connectivity index (χ1v) is 14.8. The van der Waals surface area contributed by atoms with Crippen molar-refractivity contribution in [2.75, 3.05) is 6.61 Å². The molecule has 1 spiro atoms. The van der Waals surface area contributed by atoms with E-state index >= 15 is 0 Å². The highest BCUT2D eigenvalue weighted by atomic mass is 16.8. The second-order valence-corrected chi connectivity index (χ2v) is 13.5. The van der Waals surface area contributed by atoms with Gasteiger partial charge in [-0.15, -0.1) is 0 Å². The molecule has 9 unspecified atom stereocenters. The molecule has 5 aliphatic carbocycles. The molecular formula is C30H40O9. The molecule has 9 nitrogen and oxygen atoms in total. The van der Waals surface area contributed by atoms with Crippen molar-refractivity contribution < 1.29 is 42.8 Å². The van der Waals surface area contributed by atoms with Gasteiger partial charge in [0.25, 0.3) is 0 Å². The fourth-order valence-electron chi connectivity index (χ4n) is 8.96. The van der Waals surface area contributed by atoms with Crippen molar-refractivity contribution in [2.45, 2.75) is 108 Å². The van der Waals surface area contributed by atoms with Crippen molar-refractivity contribution in [3.8, 4) is 0 Å². The maximum Gasteiger partial charge on any atom is 0.333 e. The minimum Gasteiger partial charge on any atom is -0.459 e. The number of Topliss-reactive ketones (excluding diaryl/α,β-unsaturated/α-hetero) is 2. The largest absolute Gasteiger partial charge is 0.459 e. The van der Waals surface area contributed by atoms with Crippen molar-refractivity contribution in [1.82, 2.24) is 0 Å². The Kier molecular flexibility index (Phi) is 6.36. The minimum atomic E-state index is -0.991. The standard InChI is InChI=1S/C30H40O9/c1-13(2)27(33)34-12-22-24-25(39-30(38-24)20-8-16-7-18(11-20)23(32)21(30)9-16)26-29(35-22)37-28(36-26)19-6-14(3)5-17(10-19)15(4)31/h14,16-22,24-26,28-29H,1,5-12H2,2-4H3/t14?,16?,17?,18?,19?,20?,21?,22-,24-,25+,26+,28?,29+,30?/m1/s1. The molecule has 4 bridgehead atoms. The lowest BCUT2D eigenvalue weighted by Gasteiger charge is -2.57. The third-order valence-corrected chi connectivity index (χ3v) is 10.6. The molecule has 8 fully saturated rings. The van der Waals surface area contributed by atoms with Gasteiger partial charge in [0.2, 0.25) is 0 Å². The summed E-state index contributed by atoms with van der Waals surface area (Å²) in [6.45, 7) is 9.07. The first kappa shape index (κ1) is 26.3. The number of carbonyl (C=O) groups excluding carboxylic acids is 3. The second kappa shape index (κ2) is 9.44. The van der Waals surface area contributed by atoms with Gasteiger partial charge in [0.15, 0.2) is 18.4 Å². The Morgan fingerprint density at radius 3 is 2.49 bits per heavy atom. The highest BCUT2D eigenvalue weighted by molar-refractivity contribution is 5.87. The monoisotopic (exact) mass is 544 g/mol. The first-order chi connectivity index (χ1) is 18.6. The van der Waals surface area contributed by atoms with E-state index in [0.717, 1.165) is 44.9 Å². The lowest BCUT2D eigenvalue weighted by atomic mass is 9.52. The second-order valence-electron chi connectivity index (χ2n) is 13.5. The Balaban J connectivity index is 1.15. The van der Waals surface area contributed by atoms with E-state index in [9.17, 15) is 14.4 Å². The Labute approximate surface area is 229 Å². The highest BCUT2D eigenvalue weighted by Crippen LogP contribution is 2.62. The summed E-state index contributed by atoms with van der Waals surface area (Å²) in [5.41, 5.74) is 0.305. The molecule has 3 heterocycles. The number of esters is 1. The van der Waals surface area contributed by atoms with E-state index in [1.54, 1.807) is 13.8 Å². The van der Waals surface area contributed by atoms with Crippen molar-refractivity contribution >= 4 is 17.5 Å². The predicted molar refractivity (Wildman–Crippen MR) is 135 cm³/mol. The number of rotatable bonds is 5. The smallest absolute Gasteiger partial charge is 0.333 e. The topological polar surface area (TPSA) is 107 Å². The zero-order valence-corrected chi connectivity index (χ0v) is 23.0. The normalized spacial score (nSPS) is 51.6. The van der Waals surface area contributed by atoms with Gasteiger partial charge < -0.3 is 28.4 Å². The van der Waals surface area contributed by atoms with Gasteiger partial charge in [0.05, 0.1) is 5.92 Å². The maximum absolute atomic E-state index is 13.4. The summed E-state index contributed by atoms with van der Waals surface area (Å²) < 4.78 is 38.5. The molecule has 214 valence electrons. The molecule has 9 heteroatoms. The van der Waals surface area contributed by atoms with Gasteiger partial charge in [-0.05, 0) is 70.6 Å². The lowest BCUT2D eigenvalue weighted by molar-refractivity contribution is -0.289. The summed E-state index contributed by atoms with van der Waals surface area (Å²) in [5.74, 6) is -0.0380. The summed E-state index contributed by atoms with van der Waals surface area (Å²) in [4.78, 5) is 37.8. The molecule has 14 atom stereocenters. The van der Waals surface area contributed by atoms with E-state index in [2.05, 4.69) is 13.5 Å². The molecule has 8 rings (SSSR count). The van der Waals surface area contributed by atoms with E-state index in [4.69, 9.17) is 28.4 Å². The molecule has 0 amide bonds. The summed E-state index contributed by atoms with van der Waals surface area (Å²) in [5, 5.41) is 0. The van der Waals surface area contributed by atoms with Crippen LogP contribution in [0.5, 0.6) is 0 Å². The average molecular weight is 545 g/mol. The van der Waals surface area contributed by atoms with Crippen LogP contribution in [0.1, 0.15) is 65.7 Å². The van der Waals surface area contributed by atoms with Gasteiger partial charge >= 0.3 is 5.97 Å². The Bertz CT molecular complexity index is 1070. The third kappa shape index (κ3) is 4.18. The molecule has 0 N–H and O–H groups in total. The fourth-order valence-corrected chi connectivity index (χ4v) is 8.96. The Morgan fingerprint density at radius 2 is 1.72 bits per heavy atom. The van der Waals surface area contributed by atoms with Gasteiger partial charge in [-0.3, -0.25) is 9.59 Å². The number of fused-ring (bicyclic) bond motifs is 3. The average Bonchev–Trinajstić information content (AvgIpc) is 3.50. The molecule has 3 saturated heterocycles. The van der Waals surface area contributed by atoms with Crippen LogP contribution >= 0.6 is 0 Å². The van der Waals surface area contributed by atoms with Crippen LogP contribution in [0, 0.1) is 41.4 Å². The maximum atomic E-state index is 13.4. The van der Waals surface area contributed by atoms with E-state index in [1.165, 1.54) is 0 Å². The van der Waals surface area contributed by atoms with Crippen LogP contribution in [0.4, 0.5) is 0 Å². The zero-order chi connectivity index (χ0) is 27.2. The van der Waals surface area contributed by atoms with Crippen LogP contribution in [-0.2, 0) is 42.8 Å². The molecule has 0 aromatic carbocycles. The zero-order valence-electron chi connectivity index (χ0n) is 23.0. The number of hydrogen-bond acceptors (Lipinski definition) is 9. The first-order valence-electron chi connectivity index (χ1n) is 14.8. The molecule has 3 aliphatic heterocycles. The summed E-state index contributed by atoms with van der Waals surface area (Å²) in [6.07, 6.45) is 2.60. The van der Waals surface area contributed by atoms with E-state index in [1.807, 2.05) is 0 Å². The molecule has 5 saturated carbocycles. The van der Waals surface area contributed by atoms with Crippen LogP contribution in [0.3, 0.4) is 0 Å². The molecule has 0 aromatic heterocycles. The Morgan fingerprint density at radius 1 is 0.923 bits per heavy atom. The van der Waals surface area contributed by atoms with Gasteiger partial charge in [-0.25, -0.2) is 4.79 Å². The van der Waals surface area contributed by atoms with Crippen LogP contribution < -0.4 is 0 Å². The predicted octanol–water partition coefficient (Wildman–Crippen LogP) is 3.33. The van der Waals surface area contributed by atoms with E-state index < -0.39 is 48.8 Å². The number of ketones is 2. The molecule has 8 aliphatic rings. The van der Waals surface area contributed by atoms with Crippen LogP contribution in [0.25, 0.3) is 0 Å². The third-order valence-electron chi connectivity index (χ3n) is 10.6. The van der Waals surface area contributed by atoms with Crippen LogP contribution in [0.15, 0.2) is 12.2 Å². The number of ether oxygens (including phenoxy) is 6. The lowest BCUT2D eigenvalue weighted by Crippen LogP contribution is -2.63. The van der Waals surface area contributed by atoms with Crippen LogP contribution in [-0.4, -0.2) is 66.9 Å². The van der Waals surface area contributed by atoms with Crippen molar-refractivity contribution in [3.63, 3.8) is 0 Å². The minimum absolute atomic E-state index is 0.00458. The number of hydrogen-bond donors (Lipinski definition) is 0. The van der Waals surface area contributed by atoms with Gasteiger partial charge in [-0.2, -0.15) is 0 Å².